The molecule has 5 N–H and O–H groups in total. The predicted octanol–water partition coefficient (Wildman–Crippen LogP) is -2.25. The molecule has 7 nitrogen and oxygen atoms in total. The number of carboxylic acids is 2. The summed E-state index contributed by atoms with van der Waals surface area (Å²) in [5.74, 6) is -5.05. The highest BCUT2D eigenvalue weighted by Crippen LogP contribution is 2.06. The van der Waals surface area contributed by atoms with E-state index in [1.54, 1.807) is 0 Å². The lowest BCUT2D eigenvalue weighted by atomic mass is 10.1. The first-order valence-corrected chi connectivity index (χ1v) is 3.67. The molecule has 1 saturated heterocycles. The van der Waals surface area contributed by atoms with Crippen LogP contribution < -0.4 is 10.6 Å². The van der Waals surface area contributed by atoms with E-state index in [9.17, 15) is 14.7 Å². The summed E-state index contributed by atoms with van der Waals surface area (Å²) >= 11 is 0. The number of carbonyl (C=O) groups is 2. The number of hydrogen-bond donors (Lipinski definition) is 5. The van der Waals surface area contributed by atoms with E-state index in [2.05, 4.69) is 10.6 Å². The zero-order valence-corrected chi connectivity index (χ0v) is 6.65. The lowest BCUT2D eigenvalue weighted by Crippen LogP contribution is -2.70. The molecule has 1 rings (SSSR count). The molecule has 0 amide bonds. The average molecular weight is 190 g/mol. The molecule has 0 bridgehead atoms. The lowest BCUT2D eigenvalue weighted by molar-refractivity contribution is -0.173. The van der Waals surface area contributed by atoms with Gasteiger partial charge >= 0.3 is 11.9 Å². The Morgan fingerprint density at radius 2 is 2.00 bits per heavy atom. The van der Waals surface area contributed by atoms with Crippen molar-refractivity contribution in [3.63, 3.8) is 0 Å². The minimum absolute atomic E-state index is 0.132. The Kier molecular flexibility index (Phi) is 2.50. The Balaban J connectivity index is 2.71. The summed E-state index contributed by atoms with van der Waals surface area (Å²) in [6.07, 6.45) is 0.227. The minimum Gasteiger partial charge on any atom is -0.480 e. The highest BCUT2D eigenvalue weighted by Gasteiger charge is 2.42. The van der Waals surface area contributed by atoms with Crippen molar-refractivity contribution >= 4 is 11.9 Å². The molecule has 1 fully saturated rings. The Morgan fingerprint density at radius 3 is 2.46 bits per heavy atom. The van der Waals surface area contributed by atoms with E-state index in [1.165, 1.54) is 0 Å². The van der Waals surface area contributed by atoms with Crippen LogP contribution in [0.5, 0.6) is 0 Å². The van der Waals surface area contributed by atoms with Crippen LogP contribution in [0.15, 0.2) is 0 Å². The van der Waals surface area contributed by atoms with Gasteiger partial charge in [0.1, 0.15) is 6.04 Å². The molecule has 1 heterocycles. The third kappa shape index (κ3) is 1.94. The lowest BCUT2D eigenvalue weighted by Gasteiger charge is -2.33. The first-order valence-electron chi connectivity index (χ1n) is 3.67. The van der Waals surface area contributed by atoms with Crippen molar-refractivity contribution in [2.24, 2.45) is 0 Å². The largest absolute Gasteiger partial charge is 0.480 e. The van der Waals surface area contributed by atoms with Gasteiger partial charge in [-0.25, -0.2) is 4.79 Å². The summed E-state index contributed by atoms with van der Waals surface area (Å²) in [6, 6.07) is -1.04. The highest BCUT2D eigenvalue weighted by molar-refractivity contribution is 5.79. The van der Waals surface area contributed by atoms with E-state index in [-0.39, 0.29) is 13.0 Å². The normalized spacial score (nSPS) is 34.1. The van der Waals surface area contributed by atoms with Crippen molar-refractivity contribution in [2.45, 2.75) is 18.3 Å². The van der Waals surface area contributed by atoms with Crippen LogP contribution in [0, 0.1) is 0 Å². The molecule has 1 aliphatic heterocycles. The second-order valence-electron chi connectivity index (χ2n) is 2.77. The summed E-state index contributed by atoms with van der Waals surface area (Å²) in [5.41, 5.74) is 0. The highest BCUT2D eigenvalue weighted by atomic mass is 16.4. The summed E-state index contributed by atoms with van der Waals surface area (Å²) in [7, 11) is 0. The zero-order chi connectivity index (χ0) is 10.1. The van der Waals surface area contributed by atoms with Gasteiger partial charge in [0.25, 0.3) is 5.85 Å². The third-order valence-electron chi connectivity index (χ3n) is 1.80. The summed E-state index contributed by atoms with van der Waals surface area (Å²) in [4.78, 5) is 20.9. The molecule has 0 aromatic rings. The monoisotopic (exact) mass is 190 g/mol. The third-order valence-corrected chi connectivity index (χ3v) is 1.80. The average Bonchev–Trinajstić information content (AvgIpc) is 2.04. The van der Waals surface area contributed by atoms with Crippen LogP contribution >= 0.6 is 0 Å². The van der Waals surface area contributed by atoms with Crippen LogP contribution in [0.1, 0.15) is 6.42 Å². The molecule has 1 aliphatic rings. The van der Waals surface area contributed by atoms with E-state index in [0.717, 1.165) is 0 Å². The van der Waals surface area contributed by atoms with Crippen molar-refractivity contribution in [1.29, 1.82) is 0 Å². The van der Waals surface area contributed by atoms with E-state index >= 15 is 0 Å². The first kappa shape index (κ1) is 9.90. The van der Waals surface area contributed by atoms with Crippen LogP contribution in [-0.2, 0) is 9.59 Å². The SMILES string of the molecule is O=C(O)C1CCNC(O)(C(=O)O)N1. The van der Waals surface area contributed by atoms with Crippen molar-refractivity contribution in [3.8, 4) is 0 Å². The van der Waals surface area contributed by atoms with Gasteiger partial charge in [0, 0.05) is 6.54 Å². The number of aliphatic hydroxyl groups is 1. The van der Waals surface area contributed by atoms with Crippen molar-refractivity contribution < 1.29 is 24.9 Å². The van der Waals surface area contributed by atoms with Crippen LogP contribution in [0.3, 0.4) is 0 Å². The quantitative estimate of drug-likeness (QED) is 0.334. The number of hydrogen-bond acceptors (Lipinski definition) is 5. The Bertz CT molecular complexity index is 243. The van der Waals surface area contributed by atoms with Crippen molar-refractivity contribution in [3.05, 3.63) is 0 Å². The molecule has 2 unspecified atom stereocenters. The number of nitrogens with one attached hydrogen (secondary N) is 2. The topological polar surface area (TPSA) is 119 Å². The molecule has 2 atom stereocenters. The molecule has 0 aromatic carbocycles. The molecule has 13 heavy (non-hydrogen) atoms. The maximum absolute atomic E-state index is 10.5. The van der Waals surface area contributed by atoms with Crippen molar-refractivity contribution in [2.75, 3.05) is 6.54 Å². The van der Waals surface area contributed by atoms with Gasteiger partial charge in [-0.05, 0) is 6.42 Å². The van der Waals surface area contributed by atoms with E-state index in [0.29, 0.717) is 0 Å². The van der Waals surface area contributed by atoms with Gasteiger partial charge in [0.15, 0.2) is 0 Å². The molecule has 0 aromatic heterocycles. The number of carboxylic acid groups (broad SMARTS) is 2. The van der Waals surface area contributed by atoms with Crippen molar-refractivity contribution in [1.82, 2.24) is 10.6 Å². The Hall–Kier alpha value is -1.18. The molecule has 0 aliphatic carbocycles. The van der Waals surface area contributed by atoms with Crippen LogP contribution in [-0.4, -0.2) is 45.7 Å². The summed E-state index contributed by atoms with van der Waals surface area (Å²) in [5, 5.41) is 30.7. The zero-order valence-electron chi connectivity index (χ0n) is 6.65. The van der Waals surface area contributed by atoms with Crippen LogP contribution in [0.4, 0.5) is 0 Å². The fourth-order valence-electron chi connectivity index (χ4n) is 1.10. The van der Waals surface area contributed by atoms with E-state index in [4.69, 9.17) is 10.2 Å². The number of rotatable bonds is 2. The van der Waals surface area contributed by atoms with Gasteiger partial charge in [0.2, 0.25) is 0 Å². The van der Waals surface area contributed by atoms with Crippen LogP contribution in [0.2, 0.25) is 0 Å². The van der Waals surface area contributed by atoms with E-state index in [1.807, 2.05) is 0 Å². The van der Waals surface area contributed by atoms with Gasteiger partial charge in [-0.1, -0.05) is 0 Å². The van der Waals surface area contributed by atoms with Gasteiger partial charge in [0.05, 0.1) is 0 Å². The molecule has 0 saturated carbocycles. The molecular formula is C6H10N2O5. The Labute approximate surface area is 73.4 Å². The molecule has 7 heteroatoms. The predicted molar refractivity (Wildman–Crippen MR) is 39.8 cm³/mol. The van der Waals surface area contributed by atoms with Crippen LogP contribution in [0.25, 0.3) is 0 Å². The molecule has 0 spiro atoms. The fourth-order valence-corrected chi connectivity index (χ4v) is 1.10. The maximum atomic E-state index is 10.5. The Morgan fingerprint density at radius 1 is 1.38 bits per heavy atom. The molecular weight excluding hydrogens is 180 g/mol. The second-order valence-corrected chi connectivity index (χ2v) is 2.77. The summed E-state index contributed by atoms with van der Waals surface area (Å²) < 4.78 is 0. The van der Waals surface area contributed by atoms with Gasteiger partial charge in [-0.2, -0.15) is 0 Å². The van der Waals surface area contributed by atoms with E-state index < -0.39 is 23.8 Å². The van der Waals surface area contributed by atoms with Gasteiger partial charge in [-0.15, -0.1) is 0 Å². The first-order chi connectivity index (χ1) is 5.96. The maximum Gasteiger partial charge on any atom is 0.367 e. The fraction of sp³-hybridized carbons (Fsp3) is 0.667. The minimum atomic E-state index is -2.33. The molecule has 0 radical (unpaired) electrons. The van der Waals surface area contributed by atoms with Gasteiger partial charge < -0.3 is 15.3 Å². The standard InChI is InChI=1S/C6H10N2O5/c9-4(10)3-1-2-7-6(13,8-3)5(11)12/h3,7-8,13H,1-2H2,(H,9,10)(H,11,12). The van der Waals surface area contributed by atoms with Gasteiger partial charge in [-0.3, -0.25) is 15.4 Å². The second kappa shape index (κ2) is 3.29. The molecule has 74 valence electrons. The smallest absolute Gasteiger partial charge is 0.367 e. The number of aliphatic carboxylic acids is 2. The summed E-state index contributed by atoms with van der Waals surface area (Å²) in [6.45, 7) is 0.132.